The van der Waals surface area contributed by atoms with Crippen LogP contribution in [0, 0.1) is 11.3 Å². The van der Waals surface area contributed by atoms with Crippen LogP contribution in [0.3, 0.4) is 0 Å². The molecule has 2 N–H and O–H groups in total. The van der Waals surface area contributed by atoms with E-state index in [1.54, 1.807) is 6.92 Å². The van der Waals surface area contributed by atoms with Gasteiger partial charge in [-0.05, 0) is 37.5 Å². The number of hydrogen-bond donors (Lipinski definition) is 1. The van der Waals surface area contributed by atoms with E-state index in [1.807, 2.05) is 0 Å². The van der Waals surface area contributed by atoms with Gasteiger partial charge in [0.1, 0.15) is 5.78 Å². The maximum absolute atomic E-state index is 11.2. The zero-order chi connectivity index (χ0) is 12.2. The average Bonchev–Trinajstić information content (AvgIpc) is 2.66. The van der Waals surface area contributed by atoms with Crippen molar-refractivity contribution < 1.29 is 4.79 Å². The molecular formula is C14H27NO. The quantitative estimate of drug-likeness (QED) is 0.753. The Kier molecular flexibility index (Phi) is 4.97. The fourth-order valence-electron chi connectivity index (χ4n) is 2.74. The van der Waals surface area contributed by atoms with Crippen LogP contribution in [0.15, 0.2) is 0 Å². The van der Waals surface area contributed by atoms with Crippen molar-refractivity contribution in [1.82, 2.24) is 0 Å². The number of carbonyl (C=O) groups excluding carboxylic acids is 1. The van der Waals surface area contributed by atoms with E-state index in [0.29, 0.717) is 0 Å². The van der Waals surface area contributed by atoms with Gasteiger partial charge in [-0.25, -0.2) is 0 Å². The first-order valence-electron chi connectivity index (χ1n) is 6.67. The Morgan fingerprint density at radius 3 is 2.44 bits per heavy atom. The lowest BCUT2D eigenvalue weighted by atomic mass is 9.79. The second-order valence-corrected chi connectivity index (χ2v) is 6.27. The molecule has 0 aromatic rings. The largest absolute Gasteiger partial charge is 0.322 e. The van der Waals surface area contributed by atoms with Crippen LogP contribution in [-0.2, 0) is 4.79 Å². The molecule has 0 aromatic carbocycles. The van der Waals surface area contributed by atoms with Crippen molar-refractivity contribution in [3.63, 3.8) is 0 Å². The summed E-state index contributed by atoms with van der Waals surface area (Å²) in [6.07, 6.45) is 9.01. The summed E-state index contributed by atoms with van der Waals surface area (Å²) < 4.78 is 0. The fraction of sp³-hybridized carbons (Fsp3) is 0.929. The zero-order valence-corrected chi connectivity index (χ0v) is 11.1. The summed E-state index contributed by atoms with van der Waals surface area (Å²) in [4.78, 5) is 11.2. The van der Waals surface area contributed by atoms with Gasteiger partial charge in [-0.3, -0.25) is 4.79 Å². The second-order valence-electron chi connectivity index (χ2n) is 6.27. The first-order valence-corrected chi connectivity index (χ1v) is 6.67. The lowest BCUT2D eigenvalue weighted by Gasteiger charge is -2.28. The van der Waals surface area contributed by atoms with E-state index in [9.17, 15) is 4.79 Å². The summed E-state index contributed by atoms with van der Waals surface area (Å²) in [6.45, 7) is 6.08. The molecule has 0 bridgehead atoms. The second kappa shape index (κ2) is 5.81. The average molecular weight is 225 g/mol. The van der Waals surface area contributed by atoms with Crippen molar-refractivity contribution in [3.05, 3.63) is 0 Å². The van der Waals surface area contributed by atoms with Crippen molar-refractivity contribution in [2.45, 2.75) is 71.8 Å². The molecule has 2 nitrogen and oxygen atoms in total. The van der Waals surface area contributed by atoms with E-state index < -0.39 is 0 Å². The molecule has 1 atom stereocenters. The van der Waals surface area contributed by atoms with E-state index in [0.717, 1.165) is 12.3 Å². The third kappa shape index (κ3) is 4.65. The Balaban J connectivity index is 2.29. The van der Waals surface area contributed by atoms with Crippen LogP contribution in [0.1, 0.15) is 65.7 Å². The van der Waals surface area contributed by atoms with Gasteiger partial charge in [-0.2, -0.15) is 0 Å². The smallest absolute Gasteiger partial charge is 0.146 e. The van der Waals surface area contributed by atoms with E-state index in [1.165, 1.54) is 38.5 Å². The van der Waals surface area contributed by atoms with Gasteiger partial charge in [0.15, 0.2) is 0 Å². The van der Waals surface area contributed by atoms with Crippen LogP contribution in [0.5, 0.6) is 0 Å². The van der Waals surface area contributed by atoms with E-state index >= 15 is 0 Å². The molecule has 1 saturated carbocycles. The molecule has 1 rings (SSSR count). The number of nitrogens with two attached hydrogens (primary N) is 1. The van der Waals surface area contributed by atoms with Crippen LogP contribution in [0.4, 0.5) is 0 Å². The van der Waals surface area contributed by atoms with Crippen LogP contribution < -0.4 is 5.73 Å². The molecule has 0 spiro atoms. The molecule has 0 aliphatic heterocycles. The summed E-state index contributed by atoms with van der Waals surface area (Å²) in [5, 5.41) is 0. The number of rotatable bonds is 6. The molecule has 2 heteroatoms. The first kappa shape index (κ1) is 13.7. The number of carbonyl (C=O) groups is 1. The summed E-state index contributed by atoms with van der Waals surface area (Å²) in [6, 6.07) is -0.265. The van der Waals surface area contributed by atoms with Gasteiger partial charge >= 0.3 is 0 Å². The van der Waals surface area contributed by atoms with E-state index in [4.69, 9.17) is 5.73 Å². The topological polar surface area (TPSA) is 43.1 Å². The Bertz CT molecular complexity index is 229. The van der Waals surface area contributed by atoms with Crippen LogP contribution in [0.2, 0.25) is 0 Å². The number of ketones is 1. The molecule has 16 heavy (non-hydrogen) atoms. The Hall–Kier alpha value is -0.370. The summed E-state index contributed by atoms with van der Waals surface area (Å²) in [7, 11) is 0. The minimum atomic E-state index is -0.265. The number of Topliss-reactive ketones (excluding diaryl/α,β-unsaturated/α-hetero) is 1. The highest BCUT2D eigenvalue weighted by molar-refractivity contribution is 5.81. The van der Waals surface area contributed by atoms with Gasteiger partial charge in [0.25, 0.3) is 0 Å². The monoisotopic (exact) mass is 225 g/mol. The Morgan fingerprint density at radius 2 is 1.94 bits per heavy atom. The molecule has 1 unspecified atom stereocenters. The molecule has 0 aromatic heterocycles. The molecule has 0 amide bonds. The minimum Gasteiger partial charge on any atom is -0.322 e. The molecule has 94 valence electrons. The van der Waals surface area contributed by atoms with Gasteiger partial charge in [0.2, 0.25) is 0 Å². The Morgan fingerprint density at radius 1 is 1.38 bits per heavy atom. The van der Waals surface area contributed by atoms with E-state index in [2.05, 4.69) is 13.8 Å². The van der Waals surface area contributed by atoms with Crippen molar-refractivity contribution in [2.75, 3.05) is 0 Å². The van der Waals surface area contributed by atoms with Gasteiger partial charge < -0.3 is 5.73 Å². The normalized spacial score (nSPS) is 20.0. The van der Waals surface area contributed by atoms with Crippen molar-refractivity contribution in [3.8, 4) is 0 Å². The fourth-order valence-corrected chi connectivity index (χ4v) is 2.74. The van der Waals surface area contributed by atoms with Crippen LogP contribution in [0.25, 0.3) is 0 Å². The van der Waals surface area contributed by atoms with Gasteiger partial charge in [0, 0.05) is 0 Å². The summed E-state index contributed by atoms with van der Waals surface area (Å²) >= 11 is 0. The van der Waals surface area contributed by atoms with Crippen molar-refractivity contribution in [1.29, 1.82) is 0 Å². The van der Waals surface area contributed by atoms with Crippen molar-refractivity contribution in [2.24, 2.45) is 17.1 Å². The SMILES string of the molecule is CC(=O)C(N)CC(C)(C)CCC1CCCC1. The standard InChI is InChI=1S/C14H27NO/c1-11(16)13(15)10-14(2,3)9-8-12-6-4-5-7-12/h12-13H,4-10,15H2,1-3H3. The predicted octanol–water partition coefficient (Wildman–Crippen LogP) is 3.29. The first-order chi connectivity index (χ1) is 7.41. The minimum absolute atomic E-state index is 0.119. The third-order valence-electron chi connectivity index (χ3n) is 4.00. The lowest BCUT2D eigenvalue weighted by Crippen LogP contribution is -2.34. The zero-order valence-electron chi connectivity index (χ0n) is 11.1. The predicted molar refractivity (Wildman–Crippen MR) is 68.2 cm³/mol. The number of hydrogen-bond acceptors (Lipinski definition) is 2. The van der Waals surface area contributed by atoms with Gasteiger partial charge in [-0.1, -0.05) is 39.5 Å². The molecule has 0 heterocycles. The highest BCUT2D eigenvalue weighted by Crippen LogP contribution is 2.35. The highest BCUT2D eigenvalue weighted by atomic mass is 16.1. The molecular weight excluding hydrogens is 198 g/mol. The molecule has 1 aliphatic rings. The molecule has 1 aliphatic carbocycles. The maximum Gasteiger partial charge on any atom is 0.146 e. The summed E-state index contributed by atoms with van der Waals surface area (Å²) in [5.41, 5.74) is 6.05. The molecule has 1 fully saturated rings. The Labute approximate surface area is 100.0 Å². The van der Waals surface area contributed by atoms with Crippen molar-refractivity contribution >= 4 is 5.78 Å². The van der Waals surface area contributed by atoms with Crippen LogP contribution in [-0.4, -0.2) is 11.8 Å². The van der Waals surface area contributed by atoms with E-state index in [-0.39, 0.29) is 17.2 Å². The highest BCUT2D eigenvalue weighted by Gasteiger charge is 2.25. The van der Waals surface area contributed by atoms with Crippen LogP contribution >= 0.6 is 0 Å². The summed E-state index contributed by atoms with van der Waals surface area (Å²) in [5.74, 6) is 1.06. The molecule has 0 saturated heterocycles. The maximum atomic E-state index is 11.2. The third-order valence-corrected chi connectivity index (χ3v) is 4.00. The molecule has 0 radical (unpaired) electrons. The van der Waals surface area contributed by atoms with Gasteiger partial charge in [-0.15, -0.1) is 0 Å². The van der Waals surface area contributed by atoms with Gasteiger partial charge in [0.05, 0.1) is 6.04 Å². The lowest BCUT2D eigenvalue weighted by molar-refractivity contribution is -0.118.